The SMILES string of the molecule is C=CCn1c(SCCN(C)C)nnc1-c1ccccc1. The molecule has 2 aromatic rings. The molecule has 0 bridgehead atoms. The van der Waals surface area contributed by atoms with Crippen LogP contribution in [-0.4, -0.2) is 46.1 Å². The third kappa shape index (κ3) is 3.71. The molecule has 0 fully saturated rings. The molecule has 0 aliphatic heterocycles. The van der Waals surface area contributed by atoms with E-state index in [9.17, 15) is 0 Å². The number of hydrogen-bond acceptors (Lipinski definition) is 4. The van der Waals surface area contributed by atoms with Crippen molar-refractivity contribution in [2.24, 2.45) is 0 Å². The molecule has 106 valence electrons. The molecule has 0 aliphatic carbocycles. The summed E-state index contributed by atoms with van der Waals surface area (Å²) < 4.78 is 2.11. The molecule has 1 aromatic heterocycles. The first kappa shape index (κ1) is 14.8. The highest BCUT2D eigenvalue weighted by Crippen LogP contribution is 2.23. The lowest BCUT2D eigenvalue weighted by Gasteiger charge is -2.10. The molecule has 0 atom stereocenters. The summed E-state index contributed by atoms with van der Waals surface area (Å²) in [5, 5.41) is 9.60. The lowest BCUT2D eigenvalue weighted by Crippen LogP contribution is -2.15. The minimum Gasteiger partial charge on any atom is -0.309 e. The average molecular weight is 288 g/mol. The fraction of sp³-hybridized carbons (Fsp3) is 0.333. The molecule has 0 radical (unpaired) electrons. The molecule has 0 spiro atoms. The van der Waals surface area contributed by atoms with Crippen LogP contribution in [0.5, 0.6) is 0 Å². The van der Waals surface area contributed by atoms with Crippen molar-refractivity contribution in [3.63, 3.8) is 0 Å². The van der Waals surface area contributed by atoms with Gasteiger partial charge in [-0.2, -0.15) is 0 Å². The summed E-state index contributed by atoms with van der Waals surface area (Å²) in [7, 11) is 4.15. The zero-order chi connectivity index (χ0) is 14.4. The van der Waals surface area contributed by atoms with E-state index < -0.39 is 0 Å². The summed E-state index contributed by atoms with van der Waals surface area (Å²) in [4.78, 5) is 2.17. The van der Waals surface area contributed by atoms with Crippen LogP contribution in [0.2, 0.25) is 0 Å². The second-order valence-corrected chi connectivity index (χ2v) is 5.79. The Balaban J connectivity index is 2.21. The van der Waals surface area contributed by atoms with Crippen LogP contribution in [0.3, 0.4) is 0 Å². The van der Waals surface area contributed by atoms with Gasteiger partial charge in [0.05, 0.1) is 0 Å². The van der Waals surface area contributed by atoms with E-state index in [0.29, 0.717) is 0 Å². The lowest BCUT2D eigenvalue weighted by molar-refractivity contribution is 0.437. The van der Waals surface area contributed by atoms with Crippen molar-refractivity contribution < 1.29 is 0 Å². The summed E-state index contributed by atoms with van der Waals surface area (Å²) in [6.07, 6.45) is 1.88. The van der Waals surface area contributed by atoms with Crippen LogP contribution in [-0.2, 0) is 6.54 Å². The van der Waals surface area contributed by atoms with Crippen molar-refractivity contribution in [1.29, 1.82) is 0 Å². The maximum atomic E-state index is 4.33. The van der Waals surface area contributed by atoms with E-state index in [-0.39, 0.29) is 0 Å². The molecule has 0 unspecified atom stereocenters. The van der Waals surface area contributed by atoms with Gasteiger partial charge in [0.15, 0.2) is 11.0 Å². The quantitative estimate of drug-likeness (QED) is 0.579. The summed E-state index contributed by atoms with van der Waals surface area (Å²) in [5.74, 6) is 1.90. The Labute approximate surface area is 124 Å². The third-order valence-corrected chi connectivity index (χ3v) is 3.78. The number of hydrogen-bond donors (Lipinski definition) is 0. The first-order chi connectivity index (χ1) is 9.72. The van der Waals surface area contributed by atoms with Crippen molar-refractivity contribution in [3.05, 3.63) is 43.0 Å². The van der Waals surface area contributed by atoms with Gasteiger partial charge in [-0.05, 0) is 14.1 Å². The minimum atomic E-state index is 0.724. The number of rotatable bonds is 7. The van der Waals surface area contributed by atoms with Crippen molar-refractivity contribution in [2.45, 2.75) is 11.7 Å². The van der Waals surface area contributed by atoms with Gasteiger partial charge < -0.3 is 4.90 Å². The molecule has 0 N–H and O–H groups in total. The van der Waals surface area contributed by atoms with Crippen molar-refractivity contribution >= 4 is 11.8 Å². The summed E-state index contributed by atoms with van der Waals surface area (Å²) >= 11 is 1.73. The summed E-state index contributed by atoms with van der Waals surface area (Å²) in [6.45, 7) is 5.57. The number of nitrogens with zero attached hydrogens (tertiary/aromatic N) is 4. The van der Waals surface area contributed by atoms with Crippen LogP contribution in [0, 0.1) is 0 Å². The van der Waals surface area contributed by atoms with E-state index in [1.165, 1.54) is 0 Å². The van der Waals surface area contributed by atoms with Gasteiger partial charge in [0.2, 0.25) is 0 Å². The number of thioether (sulfide) groups is 1. The van der Waals surface area contributed by atoms with E-state index in [2.05, 4.69) is 52.5 Å². The van der Waals surface area contributed by atoms with Gasteiger partial charge in [0, 0.05) is 24.4 Å². The maximum Gasteiger partial charge on any atom is 0.191 e. The number of allylic oxidation sites excluding steroid dienone is 1. The first-order valence-corrected chi connectivity index (χ1v) is 7.58. The lowest BCUT2D eigenvalue weighted by atomic mass is 10.2. The highest BCUT2D eigenvalue weighted by molar-refractivity contribution is 7.99. The van der Waals surface area contributed by atoms with Gasteiger partial charge in [-0.15, -0.1) is 16.8 Å². The Morgan fingerprint density at radius 2 is 2.00 bits per heavy atom. The second kappa shape index (κ2) is 7.26. The van der Waals surface area contributed by atoms with Crippen LogP contribution in [0.1, 0.15) is 0 Å². The third-order valence-electron chi connectivity index (χ3n) is 2.83. The van der Waals surface area contributed by atoms with Gasteiger partial charge >= 0.3 is 0 Å². The molecule has 0 amide bonds. The minimum absolute atomic E-state index is 0.724. The van der Waals surface area contributed by atoms with Crippen LogP contribution in [0.15, 0.2) is 48.1 Å². The summed E-state index contributed by atoms with van der Waals surface area (Å²) in [5.41, 5.74) is 1.08. The molecule has 20 heavy (non-hydrogen) atoms. The molecule has 5 heteroatoms. The Bertz CT molecular complexity index is 548. The Kier molecular flexibility index (Phi) is 5.38. The van der Waals surface area contributed by atoms with Gasteiger partial charge in [-0.25, -0.2) is 0 Å². The van der Waals surface area contributed by atoms with Gasteiger partial charge in [0.1, 0.15) is 0 Å². The summed E-state index contributed by atoms with van der Waals surface area (Å²) in [6, 6.07) is 10.1. The van der Waals surface area contributed by atoms with E-state index in [0.717, 1.165) is 35.4 Å². The smallest absolute Gasteiger partial charge is 0.191 e. The predicted molar refractivity (Wildman–Crippen MR) is 84.9 cm³/mol. The number of aromatic nitrogens is 3. The molecule has 4 nitrogen and oxygen atoms in total. The van der Waals surface area contributed by atoms with Crippen LogP contribution >= 0.6 is 11.8 Å². The van der Waals surface area contributed by atoms with E-state index >= 15 is 0 Å². The highest BCUT2D eigenvalue weighted by Gasteiger charge is 2.12. The van der Waals surface area contributed by atoms with E-state index in [1.807, 2.05) is 24.3 Å². The van der Waals surface area contributed by atoms with Crippen LogP contribution in [0.4, 0.5) is 0 Å². The topological polar surface area (TPSA) is 34.0 Å². The monoisotopic (exact) mass is 288 g/mol. The Hall–Kier alpha value is -1.59. The molecule has 0 saturated carbocycles. The Morgan fingerprint density at radius 3 is 2.65 bits per heavy atom. The zero-order valence-electron chi connectivity index (χ0n) is 12.0. The standard InChI is InChI=1S/C15H20N4S/c1-4-10-19-14(13-8-6-5-7-9-13)16-17-15(19)20-12-11-18(2)3/h4-9H,1,10-12H2,2-3H3. The van der Waals surface area contributed by atoms with E-state index in [4.69, 9.17) is 0 Å². The first-order valence-electron chi connectivity index (χ1n) is 6.59. The normalized spacial score (nSPS) is 10.9. The predicted octanol–water partition coefficient (Wildman–Crippen LogP) is 2.78. The van der Waals surface area contributed by atoms with Crippen molar-refractivity contribution in [2.75, 3.05) is 26.4 Å². The van der Waals surface area contributed by atoms with E-state index in [1.54, 1.807) is 11.8 Å². The molecule has 2 rings (SSSR count). The molecule has 1 aromatic carbocycles. The molecular formula is C15H20N4S. The number of benzene rings is 1. The molecule has 0 saturated heterocycles. The molecule has 1 heterocycles. The molecule has 0 aliphatic rings. The zero-order valence-corrected chi connectivity index (χ0v) is 12.8. The maximum absolute atomic E-state index is 4.33. The van der Waals surface area contributed by atoms with Gasteiger partial charge in [-0.1, -0.05) is 48.2 Å². The highest BCUT2D eigenvalue weighted by atomic mass is 32.2. The van der Waals surface area contributed by atoms with Crippen molar-refractivity contribution in [1.82, 2.24) is 19.7 Å². The van der Waals surface area contributed by atoms with Gasteiger partial charge in [-0.3, -0.25) is 4.57 Å². The van der Waals surface area contributed by atoms with Crippen molar-refractivity contribution in [3.8, 4) is 11.4 Å². The van der Waals surface area contributed by atoms with Crippen LogP contribution < -0.4 is 0 Å². The largest absolute Gasteiger partial charge is 0.309 e. The fourth-order valence-corrected chi connectivity index (χ4v) is 2.86. The van der Waals surface area contributed by atoms with Crippen LogP contribution in [0.25, 0.3) is 11.4 Å². The fourth-order valence-electron chi connectivity index (χ4n) is 1.81. The molecular weight excluding hydrogens is 268 g/mol. The Morgan fingerprint density at radius 1 is 1.25 bits per heavy atom. The average Bonchev–Trinajstić information content (AvgIpc) is 2.83. The second-order valence-electron chi connectivity index (χ2n) is 4.72. The van der Waals surface area contributed by atoms with Gasteiger partial charge in [0.25, 0.3) is 0 Å².